The lowest BCUT2D eigenvalue weighted by Crippen LogP contribution is -2.55. The van der Waals surface area contributed by atoms with Gasteiger partial charge < -0.3 is 4.74 Å². The Labute approximate surface area is 177 Å². The number of ketones is 1. The molecule has 3 rings (SSSR count). The second-order valence-electron chi connectivity index (χ2n) is 6.32. The highest BCUT2D eigenvalue weighted by Gasteiger charge is 2.60. The molecule has 1 unspecified atom stereocenters. The molecule has 1 saturated heterocycles. The Hall–Kier alpha value is -2.90. The number of ether oxygens (including phenoxy) is 1. The number of amides is 1. The van der Waals surface area contributed by atoms with Crippen molar-refractivity contribution in [2.24, 2.45) is 5.10 Å². The number of carbonyl (C=O) groups excluding carboxylic acids is 3. The van der Waals surface area contributed by atoms with Crippen molar-refractivity contribution < 1.29 is 19.1 Å². The number of rotatable bonds is 5. The second kappa shape index (κ2) is 8.23. The summed E-state index contributed by atoms with van der Waals surface area (Å²) in [4.78, 5) is 39.5. The fourth-order valence-electron chi connectivity index (χ4n) is 2.96. The highest BCUT2D eigenvalue weighted by Crippen LogP contribution is 2.34. The van der Waals surface area contributed by atoms with Gasteiger partial charge in [-0.05, 0) is 62.4 Å². The fraction of sp³-hybridized carbons (Fsp3) is 0.200. The molecule has 1 amide bonds. The summed E-state index contributed by atoms with van der Waals surface area (Å²) in [6.45, 7) is 3.13. The van der Waals surface area contributed by atoms with Crippen LogP contribution >= 0.6 is 23.2 Å². The molecule has 29 heavy (non-hydrogen) atoms. The van der Waals surface area contributed by atoms with Crippen molar-refractivity contribution in [3.8, 4) is 0 Å². The van der Waals surface area contributed by atoms with Crippen LogP contribution < -0.4 is 10.3 Å². The third kappa shape index (κ3) is 3.83. The van der Waals surface area contributed by atoms with E-state index in [2.05, 4.69) is 10.5 Å². The van der Waals surface area contributed by atoms with Gasteiger partial charge in [0.2, 0.25) is 0 Å². The summed E-state index contributed by atoms with van der Waals surface area (Å²) < 4.78 is 5.16. The lowest BCUT2D eigenvalue weighted by atomic mass is 9.95. The Morgan fingerprint density at radius 3 is 2.17 bits per heavy atom. The normalized spacial score (nSPS) is 20.3. The molecule has 0 aromatic heterocycles. The van der Waals surface area contributed by atoms with Crippen molar-refractivity contribution in [1.82, 2.24) is 0 Å². The lowest BCUT2D eigenvalue weighted by Gasteiger charge is -2.31. The lowest BCUT2D eigenvalue weighted by molar-refractivity contribution is -0.147. The molecule has 1 aliphatic rings. The van der Waals surface area contributed by atoms with E-state index in [1.54, 1.807) is 55.5 Å². The minimum Gasteiger partial charge on any atom is -0.464 e. The number of carbonyl (C=O) groups is 3. The molecule has 1 N–H and O–H groups in total. The number of benzene rings is 2. The Bertz CT molecular complexity index is 990. The molecule has 1 atom stereocenters. The first kappa shape index (κ1) is 20.8. The fourth-order valence-corrected chi connectivity index (χ4v) is 3.21. The third-order valence-corrected chi connectivity index (χ3v) is 4.92. The zero-order valence-electron chi connectivity index (χ0n) is 15.6. The van der Waals surface area contributed by atoms with Crippen LogP contribution in [0, 0.1) is 0 Å². The molecule has 2 aromatic carbocycles. The van der Waals surface area contributed by atoms with Gasteiger partial charge >= 0.3 is 11.9 Å². The van der Waals surface area contributed by atoms with Gasteiger partial charge in [0.15, 0.2) is 11.3 Å². The first-order chi connectivity index (χ1) is 13.8. The average molecular weight is 434 g/mol. The predicted octanol–water partition coefficient (Wildman–Crippen LogP) is 3.70. The summed E-state index contributed by atoms with van der Waals surface area (Å²) in [6.07, 6.45) is 0. The first-order valence-electron chi connectivity index (χ1n) is 8.70. The quantitative estimate of drug-likeness (QED) is 0.441. The van der Waals surface area contributed by atoms with E-state index in [0.717, 1.165) is 4.90 Å². The molecule has 1 aliphatic heterocycles. The van der Waals surface area contributed by atoms with E-state index in [1.807, 2.05) is 0 Å². The Kier molecular flexibility index (Phi) is 5.91. The predicted molar refractivity (Wildman–Crippen MR) is 111 cm³/mol. The number of halogens is 2. The zero-order chi connectivity index (χ0) is 21.2. The number of esters is 1. The summed E-state index contributed by atoms with van der Waals surface area (Å²) in [5.74, 6) is -2.57. The Morgan fingerprint density at radius 2 is 1.62 bits per heavy atom. The van der Waals surface area contributed by atoms with E-state index < -0.39 is 23.2 Å². The van der Waals surface area contributed by atoms with Crippen LogP contribution in [0.1, 0.15) is 13.8 Å². The van der Waals surface area contributed by atoms with Crippen LogP contribution in [0.5, 0.6) is 0 Å². The third-order valence-electron chi connectivity index (χ3n) is 4.42. The molecule has 1 heterocycles. The molecule has 0 bridgehead atoms. The number of hydrazone groups is 1. The molecule has 1 fully saturated rings. The maximum Gasteiger partial charge on any atom is 0.338 e. The maximum absolute atomic E-state index is 12.9. The summed E-state index contributed by atoms with van der Waals surface area (Å²) in [6, 6.07) is 12.8. The van der Waals surface area contributed by atoms with Crippen molar-refractivity contribution in [2.75, 3.05) is 16.9 Å². The molecule has 7 nitrogen and oxygen atoms in total. The molecule has 0 spiro atoms. The van der Waals surface area contributed by atoms with E-state index in [1.165, 1.54) is 6.92 Å². The highest BCUT2D eigenvalue weighted by atomic mass is 35.5. The standard InChI is InChI=1S/C20H17Cl2N3O4/c1-3-29-19(28)20(2)17(24-23-14-8-4-12(21)5-9-14)16(26)18(27)25(20)15-10-6-13(22)7-11-15/h4-11,23H,3H2,1-2H3. The summed E-state index contributed by atoms with van der Waals surface area (Å²) >= 11 is 11.8. The zero-order valence-corrected chi connectivity index (χ0v) is 17.1. The molecular weight excluding hydrogens is 417 g/mol. The number of nitrogens with zero attached hydrogens (tertiary/aromatic N) is 2. The van der Waals surface area contributed by atoms with Crippen molar-refractivity contribution in [3.63, 3.8) is 0 Å². The minimum absolute atomic E-state index is 0.0726. The van der Waals surface area contributed by atoms with Gasteiger partial charge in [0.25, 0.3) is 5.78 Å². The van der Waals surface area contributed by atoms with Crippen LogP contribution in [0.15, 0.2) is 53.6 Å². The summed E-state index contributed by atoms with van der Waals surface area (Å²) in [5, 5.41) is 5.06. The topological polar surface area (TPSA) is 88.1 Å². The minimum atomic E-state index is -1.75. The Morgan fingerprint density at radius 1 is 1.07 bits per heavy atom. The van der Waals surface area contributed by atoms with Crippen LogP contribution in [-0.4, -0.2) is 35.5 Å². The van der Waals surface area contributed by atoms with Gasteiger partial charge in [-0.25, -0.2) is 4.79 Å². The highest BCUT2D eigenvalue weighted by molar-refractivity contribution is 6.75. The van der Waals surface area contributed by atoms with Gasteiger partial charge in [-0.1, -0.05) is 23.2 Å². The molecule has 0 radical (unpaired) electrons. The van der Waals surface area contributed by atoms with E-state index in [0.29, 0.717) is 21.4 Å². The van der Waals surface area contributed by atoms with Crippen LogP contribution in [0.25, 0.3) is 0 Å². The molecular formula is C20H17Cl2N3O4. The average Bonchev–Trinajstić information content (AvgIpc) is 2.89. The Balaban J connectivity index is 2.08. The van der Waals surface area contributed by atoms with E-state index in [9.17, 15) is 14.4 Å². The number of nitrogens with one attached hydrogen (secondary N) is 1. The molecule has 2 aromatic rings. The number of hydrogen-bond acceptors (Lipinski definition) is 6. The van der Waals surface area contributed by atoms with Crippen LogP contribution in [0.2, 0.25) is 10.0 Å². The van der Waals surface area contributed by atoms with Gasteiger partial charge in [-0.2, -0.15) is 5.10 Å². The van der Waals surface area contributed by atoms with Crippen LogP contribution in [0.4, 0.5) is 11.4 Å². The maximum atomic E-state index is 12.9. The summed E-state index contributed by atoms with van der Waals surface area (Å²) in [5.41, 5.74) is 1.52. The van der Waals surface area contributed by atoms with E-state index in [-0.39, 0.29) is 12.3 Å². The van der Waals surface area contributed by atoms with Crippen LogP contribution in [-0.2, 0) is 19.1 Å². The van der Waals surface area contributed by atoms with Crippen molar-refractivity contribution in [3.05, 3.63) is 58.6 Å². The summed E-state index contributed by atoms with van der Waals surface area (Å²) in [7, 11) is 0. The van der Waals surface area contributed by atoms with Crippen molar-refractivity contribution >= 4 is 57.9 Å². The molecule has 9 heteroatoms. The largest absolute Gasteiger partial charge is 0.464 e. The smallest absolute Gasteiger partial charge is 0.338 e. The van der Waals surface area contributed by atoms with Gasteiger partial charge in [-0.15, -0.1) is 0 Å². The van der Waals surface area contributed by atoms with Gasteiger partial charge in [-0.3, -0.25) is 19.9 Å². The van der Waals surface area contributed by atoms with Crippen LogP contribution in [0.3, 0.4) is 0 Å². The molecule has 150 valence electrons. The SMILES string of the molecule is CCOC(=O)C1(C)C(=NNc2ccc(Cl)cc2)C(=O)C(=O)N1c1ccc(Cl)cc1. The van der Waals surface area contributed by atoms with Gasteiger partial charge in [0.05, 0.1) is 12.3 Å². The number of anilines is 2. The van der Waals surface area contributed by atoms with E-state index >= 15 is 0 Å². The monoisotopic (exact) mass is 433 g/mol. The first-order valence-corrected chi connectivity index (χ1v) is 9.46. The number of hydrogen-bond donors (Lipinski definition) is 1. The van der Waals surface area contributed by atoms with Crippen molar-refractivity contribution in [2.45, 2.75) is 19.4 Å². The molecule has 0 saturated carbocycles. The number of Topliss-reactive ketones (excluding diaryl/α,β-unsaturated/α-hetero) is 1. The van der Waals surface area contributed by atoms with Crippen molar-refractivity contribution in [1.29, 1.82) is 0 Å². The van der Waals surface area contributed by atoms with Gasteiger partial charge in [0, 0.05) is 15.7 Å². The molecule has 0 aliphatic carbocycles. The van der Waals surface area contributed by atoms with E-state index in [4.69, 9.17) is 27.9 Å². The van der Waals surface area contributed by atoms with Gasteiger partial charge in [0.1, 0.15) is 0 Å². The second-order valence-corrected chi connectivity index (χ2v) is 7.19.